The molecule has 3 heterocycles. The van der Waals surface area contributed by atoms with E-state index in [4.69, 9.17) is 4.74 Å². The van der Waals surface area contributed by atoms with Crippen LogP contribution in [0.25, 0.3) is 0 Å². The van der Waals surface area contributed by atoms with Crippen LogP contribution in [0.1, 0.15) is 41.7 Å². The lowest BCUT2D eigenvalue weighted by atomic mass is 10.1. The van der Waals surface area contributed by atoms with Crippen molar-refractivity contribution in [2.45, 2.75) is 44.4 Å². The van der Waals surface area contributed by atoms with Crippen molar-refractivity contribution in [3.63, 3.8) is 0 Å². The second-order valence-electron chi connectivity index (χ2n) is 7.94. The molecule has 31 heavy (non-hydrogen) atoms. The third kappa shape index (κ3) is 5.67. The molecule has 1 atom stereocenters. The van der Waals surface area contributed by atoms with Gasteiger partial charge in [0.2, 0.25) is 11.8 Å². The van der Waals surface area contributed by atoms with E-state index in [1.54, 1.807) is 12.1 Å². The zero-order valence-corrected chi connectivity index (χ0v) is 17.3. The summed E-state index contributed by atoms with van der Waals surface area (Å²) < 4.78 is 6.04. The van der Waals surface area contributed by atoms with Gasteiger partial charge >= 0.3 is 0 Å². The van der Waals surface area contributed by atoms with Crippen LogP contribution in [0.2, 0.25) is 0 Å². The summed E-state index contributed by atoms with van der Waals surface area (Å²) >= 11 is 0. The number of ether oxygens (including phenoxy) is 1. The molecular weight excluding hydrogens is 396 g/mol. The number of carbonyl (C=O) groups is 3. The van der Waals surface area contributed by atoms with Crippen LogP contribution in [-0.2, 0) is 16.1 Å². The van der Waals surface area contributed by atoms with E-state index in [9.17, 15) is 14.4 Å². The molecule has 2 N–H and O–H groups in total. The van der Waals surface area contributed by atoms with Gasteiger partial charge in [0.05, 0.1) is 6.20 Å². The smallest absolute Gasteiger partial charge is 0.270 e. The number of carbonyl (C=O) groups excluding carboxylic acids is 3. The Balaban J connectivity index is 1.24. The molecule has 2 saturated heterocycles. The van der Waals surface area contributed by atoms with E-state index in [0.29, 0.717) is 12.2 Å². The monoisotopic (exact) mass is 422 g/mol. The van der Waals surface area contributed by atoms with Crippen LogP contribution in [-0.4, -0.2) is 52.8 Å². The largest absolute Gasteiger partial charge is 0.489 e. The molecule has 0 spiro atoms. The number of imide groups is 1. The van der Waals surface area contributed by atoms with Gasteiger partial charge in [-0.25, -0.2) is 4.98 Å². The topological polar surface area (TPSA) is 101 Å². The lowest BCUT2D eigenvalue weighted by Crippen LogP contribution is -2.52. The third-order valence-electron chi connectivity index (χ3n) is 5.60. The van der Waals surface area contributed by atoms with Gasteiger partial charge in [-0.1, -0.05) is 30.3 Å². The Bertz CT molecular complexity index is 924. The number of rotatable bonds is 6. The average Bonchev–Trinajstić information content (AvgIpc) is 2.78. The number of benzene rings is 1. The van der Waals surface area contributed by atoms with Crippen molar-refractivity contribution in [1.29, 1.82) is 0 Å². The maximum absolute atomic E-state index is 12.3. The van der Waals surface area contributed by atoms with Gasteiger partial charge in [0, 0.05) is 26.1 Å². The molecule has 1 unspecified atom stereocenters. The molecule has 1 aromatic heterocycles. The summed E-state index contributed by atoms with van der Waals surface area (Å²) in [4.78, 5) is 41.9. The normalized spacial score (nSPS) is 20.2. The summed E-state index contributed by atoms with van der Waals surface area (Å²) in [5.74, 6) is -0.626. The number of piperidine rings is 2. The second kappa shape index (κ2) is 9.70. The number of aromatic nitrogens is 1. The van der Waals surface area contributed by atoms with Crippen molar-refractivity contribution in [3.05, 3.63) is 59.9 Å². The fourth-order valence-electron chi connectivity index (χ4n) is 3.87. The summed E-state index contributed by atoms with van der Waals surface area (Å²) in [6.07, 6.45) is 4.03. The zero-order chi connectivity index (χ0) is 21.6. The van der Waals surface area contributed by atoms with E-state index in [1.165, 1.54) is 11.8 Å². The van der Waals surface area contributed by atoms with Crippen LogP contribution in [0.3, 0.4) is 0 Å². The first kappa shape index (κ1) is 21.0. The van der Waals surface area contributed by atoms with Crippen LogP contribution >= 0.6 is 0 Å². The van der Waals surface area contributed by atoms with Crippen molar-refractivity contribution in [2.24, 2.45) is 0 Å². The van der Waals surface area contributed by atoms with E-state index in [1.807, 2.05) is 6.07 Å². The Labute approximate surface area is 181 Å². The van der Waals surface area contributed by atoms with Crippen LogP contribution < -0.4 is 15.4 Å². The highest BCUT2D eigenvalue weighted by atomic mass is 16.5. The average molecular weight is 422 g/mol. The fraction of sp³-hybridized carbons (Fsp3) is 0.391. The quantitative estimate of drug-likeness (QED) is 0.687. The Morgan fingerprint density at radius 1 is 1.10 bits per heavy atom. The van der Waals surface area contributed by atoms with Crippen LogP contribution in [0.4, 0.5) is 0 Å². The van der Waals surface area contributed by atoms with Crippen molar-refractivity contribution >= 4 is 17.7 Å². The van der Waals surface area contributed by atoms with E-state index >= 15 is 0 Å². The predicted molar refractivity (Wildman–Crippen MR) is 113 cm³/mol. The molecule has 2 fully saturated rings. The molecule has 162 valence electrons. The minimum absolute atomic E-state index is 0.122. The molecule has 0 saturated carbocycles. The summed E-state index contributed by atoms with van der Waals surface area (Å²) in [6.45, 7) is 2.89. The van der Waals surface area contributed by atoms with E-state index in [0.717, 1.165) is 32.5 Å². The lowest BCUT2D eigenvalue weighted by Gasteiger charge is -2.32. The van der Waals surface area contributed by atoms with Gasteiger partial charge in [-0.2, -0.15) is 0 Å². The summed E-state index contributed by atoms with van der Waals surface area (Å²) in [6, 6.07) is 13.0. The molecule has 0 bridgehead atoms. The number of nitrogens with one attached hydrogen (secondary N) is 2. The molecular formula is C23H26N4O4. The number of pyridine rings is 1. The summed E-state index contributed by atoms with van der Waals surface area (Å²) in [5, 5.41) is 4.84. The Kier molecular flexibility index (Phi) is 6.57. The molecule has 2 aliphatic heterocycles. The number of likely N-dealkylation sites (tertiary alicyclic amines) is 1. The molecule has 0 aliphatic carbocycles. The summed E-state index contributed by atoms with van der Waals surface area (Å²) in [7, 11) is 0. The molecule has 8 heteroatoms. The minimum atomic E-state index is -0.719. The third-order valence-corrected chi connectivity index (χ3v) is 5.60. The van der Waals surface area contributed by atoms with Gasteiger partial charge in [0.1, 0.15) is 23.6 Å². The van der Waals surface area contributed by atoms with E-state index < -0.39 is 17.9 Å². The molecule has 4 rings (SSSR count). The second-order valence-corrected chi connectivity index (χ2v) is 7.94. The van der Waals surface area contributed by atoms with Gasteiger partial charge in [-0.15, -0.1) is 0 Å². The van der Waals surface area contributed by atoms with Crippen LogP contribution in [0.15, 0.2) is 48.7 Å². The van der Waals surface area contributed by atoms with Crippen LogP contribution in [0.5, 0.6) is 5.75 Å². The molecule has 3 amide bonds. The standard InChI is InChI=1S/C23H26N4O4/c28-21-9-8-20(23(30)26-21)25-22(29)19-7-6-18(14-24-19)31-17-10-12-27(13-11-17)15-16-4-2-1-3-5-16/h1-7,14,17,20H,8-13,15H2,(H,25,29)(H,26,28,30). The van der Waals surface area contributed by atoms with Gasteiger partial charge < -0.3 is 10.1 Å². The molecule has 1 aromatic carbocycles. The number of hydrogen-bond acceptors (Lipinski definition) is 6. The van der Waals surface area contributed by atoms with E-state index in [2.05, 4.69) is 44.8 Å². The Morgan fingerprint density at radius 2 is 1.87 bits per heavy atom. The molecule has 8 nitrogen and oxygen atoms in total. The number of amides is 3. The highest BCUT2D eigenvalue weighted by molar-refractivity contribution is 6.03. The maximum atomic E-state index is 12.3. The number of nitrogens with zero attached hydrogens (tertiary/aromatic N) is 2. The summed E-state index contributed by atoms with van der Waals surface area (Å²) in [5.41, 5.74) is 1.52. The first-order valence-electron chi connectivity index (χ1n) is 10.6. The predicted octanol–water partition coefficient (Wildman–Crippen LogP) is 1.66. The van der Waals surface area contributed by atoms with Crippen LogP contribution in [0, 0.1) is 0 Å². The molecule has 0 radical (unpaired) electrons. The van der Waals surface area contributed by atoms with Crippen molar-refractivity contribution in [1.82, 2.24) is 20.5 Å². The maximum Gasteiger partial charge on any atom is 0.270 e. The fourth-order valence-corrected chi connectivity index (χ4v) is 3.87. The minimum Gasteiger partial charge on any atom is -0.489 e. The van der Waals surface area contributed by atoms with Gasteiger partial charge in [0.15, 0.2) is 0 Å². The highest BCUT2D eigenvalue weighted by Gasteiger charge is 2.28. The van der Waals surface area contributed by atoms with Crippen molar-refractivity contribution < 1.29 is 19.1 Å². The first-order chi connectivity index (χ1) is 15.1. The van der Waals surface area contributed by atoms with Gasteiger partial charge in [-0.05, 0) is 37.0 Å². The molecule has 2 aromatic rings. The van der Waals surface area contributed by atoms with Crippen molar-refractivity contribution in [3.8, 4) is 5.75 Å². The highest BCUT2D eigenvalue weighted by Crippen LogP contribution is 2.20. The Morgan fingerprint density at radius 3 is 2.55 bits per heavy atom. The SMILES string of the molecule is O=C1CCC(NC(=O)c2ccc(OC3CCN(Cc4ccccc4)CC3)cn2)C(=O)N1. The number of hydrogen-bond donors (Lipinski definition) is 2. The van der Waals surface area contributed by atoms with Gasteiger partial charge in [-0.3, -0.25) is 24.6 Å². The molecule has 2 aliphatic rings. The Hall–Kier alpha value is -3.26. The first-order valence-corrected chi connectivity index (χ1v) is 10.6. The zero-order valence-electron chi connectivity index (χ0n) is 17.3. The van der Waals surface area contributed by atoms with Gasteiger partial charge in [0.25, 0.3) is 5.91 Å². The lowest BCUT2D eigenvalue weighted by molar-refractivity contribution is -0.134. The van der Waals surface area contributed by atoms with Crippen molar-refractivity contribution in [2.75, 3.05) is 13.1 Å². The van der Waals surface area contributed by atoms with E-state index in [-0.39, 0.29) is 24.1 Å².